The van der Waals surface area contributed by atoms with E-state index < -0.39 is 0 Å². The zero-order valence-corrected chi connectivity index (χ0v) is 13.4. The molecule has 2 nitrogen and oxygen atoms in total. The smallest absolute Gasteiger partial charge is 0.123 e. The van der Waals surface area contributed by atoms with Crippen molar-refractivity contribution in [3.05, 3.63) is 96.9 Å². The van der Waals surface area contributed by atoms with Crippen LogP contribution in [0.5, 0.6) is 0 Å². The molecule has 4 rings (SSSR count). The lowest BCUT2D eigenvalue weighted by molar-refractivity contribution is 0.628. The first-order valence-corrected chi connectivity index (χ1v) is 8.05. The average Bonchev–Trinajstić information content (AvgIpc) is 2.69. The molecule has 0 saturated heterocycles. The van der Waals surface area contributed by atoms with Gasteiger partial charge >= 0.3 is 0 Å². The van der Waals surface area contributed by atoms with E-state index in [1.807, 2.05) is 66.7 Å². The fourth-order valence-corrected chi connectivity index (χ4v) is 2.78. The molecule has 0 atom stereocenters. The van der Waals surface area contributed by atoms with Gasteiger partial charge in [-0.3, -0.25) is 4.98 Å². The number of hydrogen-bond donors (Lipinski definition) is 0. The van der Waals surface area contributed by atoms with E-state index in [0.29, 0.717) is 11.3 Å². The highest BCUT2D eigenvalue weighted by Crippen LogP contribution is 2.30. The van der Waals surface area contributed by atoms with E-state index in [1.54, 1.807) is 12.3 Å². The Hall–Kier alpha value is -3.33. The Kier molecular flexibility index (Phi) is 4.05. The van der Waals surface area contributed by atoms with Crippen molar-refractivity contribution in [2.24, 2.45) is 0 Å². The van der Waals surface area contributed by atoms with Gasteiger partial charge in [-0.25, -0.2) is 9.37 Å². The molecule has 0 radical (unpaired) electrons. The first kappa shape index (κ1) is 15.2. The molecule has 0 saturated carbocycles. The van der Waals surface area contributed by atoms with Crippen molar-refractivity contribution in [1.29, 1.82) is 0 Å². The predicted octanol–water partition coefficient (Wildman–Crippen LogP) is 5.62. The van der Waals surface area contributed by atoms with Crippen LogP contribution in [0.15, 0.2) is 91.1 Å². The summed E-state index contributed by atoms with van der Waals surface area (Å²) in [4.78, 5) is 9.45. The maximum absolute atomic E-state index is 13.6. The minimum Gasteiger partial charge on any atom is -0.252 e. The van der Waals surface area contributed by atoms with E-state index in [2.05, 4.69) is 4.98 Å². The third kappa shape index (κ3) is 3.17. The van der Waals surface area contributed by atoms with Crippen molar-refractivity contribution in [2.75, 3.05) is 0 Å². The van der Waals surface area contributed by atoms with Crippen molar-refractivity contribution in [1.82, 2.24) is 9.97 Å². The summed E-state index contributed by atoms with van der Waals surface area (Å²) in [6, 6.07) is 26.3. The van der Waals surface area contributed by atoms with Gasteiger partial charge in [0.25, 0.3) is 0 Å². The van der Waals surface area contributed by atoms with E-state index in [9.17, 15) is 4.39 Å². The second-order valence-corrected chi connectivity index (χ2v) is 5.69. The number of halogens is 1. The van der Waals surface area contributed by atoms with Gasteiger partial charge < -0.3 is 0 Å². The minimum atomic E-state index is -0.285. The molecule has 0 bridgehead atoms. The molecule has 0 amide bonds. The second-order valence-electron chi connectivity index (χ2n) is 5.69. The van der Waals surface area contributed by atoms with E-state index in [4.69, 9.17) is 4.98 Å². The highest BCUT2D eigenvalue weighted by atomic mass is 19.1. The molecule has 25 heavy (non-hydrogen) atoms. The van der Waals surface area contributed by atoms with E-state index in [0.717, 1.165) is 22.5 Å². The summed E-state index contributed by atoms with van der Waals surface area (Å²) in [5.74, 6) is -0.285. The summed E-state index contributed by atoms with van der Waals surface area (Å²) in [6.45, 7) is 0. The number of benzene rings is 3. The molecule has 1 aromatic heterocycles. The van der Waals surface area contributed by atoms with Crippen molar-refractivity contribution < 1.29 is 4.39 Å². The zero-order valence-electron chi connectivity index (χ0n) is 13.4. The van der Waals surface area contributed by atoms with Crippen molar-refractivity contribution in [2.45, 2.75) is 0 Å². The molecule has 0 aliphatic heterocycles. The molecule has 0 fully saturated rings. The van der Waals surface area contributed by atoms with Crippen LogP contribution in [0.3, 0.4) is 0 Å². The van der Waals surface area contributed by atoms with Crippen LogP contribution in [0.2, 0.25) is 0 Å². The van der Waals surface area contributed by atoms with Gasteiger partial charge in [-0.15, -0.1) is 0 Å². The number of aromatic nitrogens is 2. The predicted molar refractivity (Wildman–Crippen MR) is 98.3 cm³/mol. The van der Waals surface area contributed by atoms with Gasteiger partial charge in [0.05, 0.1) is 23.3 Å². The highest BCUT2D eigenvalue weighted by Gasteiger charge is 2.13. The van der Waals surface area contributed by atoms with Crippen molar-refractivity contribution >= 4 is 0 Å². The summed E-state index contributed by atoms with van der Waals surface area (Å²) in [6.07, 6.45) is 1.70. The lowest BCUT2D eigenvalue weighted by Gasteiger charge is -2.11. The summed E-state index contributed by atoms with van der Waals surface area (Å²) in [5, 5.41) is 0. The van der Waals surface area contributed by atoms with Crippen molar-refractivity contribution in [3.63, 3.8) is 0 Å². The molecule has 0 unspecified atom stereocenters. The summed E-state index contributed by atoms with van der Waals surface area (Å²) >= 11 is 0. The Labute approximate surface area is 145 Å². The van der Waals surface area contributed by atoms with Gasteiger partial charge in [0.15, 0.2) is 0 Å². The Morgan fingerprint density at radius 2 is 1.20 bits per heavy atom. The molecule has 0 N–H and O–H groups in total. The third-order valence-electron chi connectivity index (χ3n) is 3.99. The fourth-order valence-electron chi connectivity index (χ4n) is 2.78. The first-order chi connectivity index (χ1) is 12.3. The molecular formula is C22H15FN2. The average molecular weight is 326 g/mol. The topological polar surface area (TPSA) is 25.8 Å². The van der Waals surface area contributed by atoms with E-state index in [1.165, 1.54) is 12.1 Å². The third-order valence-corrected chi connectivity index (χ3v) is 3.99. The Bertz CT molecular complexity index is 999. The quantitative estimate of drug-likeness (QED) is 0.488. The largest absolute Gasteiger partial charge is 0.252 e. The van der Waals surface area contributed by atoms with Crippen LogP contribution >= 0.6 is 0 Å². The zero-order chi connectivity index (χ0) is 17.1. The number of hydrogen-bond acceptors (Lipinski definition) is 2. The van der Waals surface area contributed by atoms with Gasteiger partial charge in [0.2, 0.25) is 0 Å². The van der Waals surface area contributed by atoms with Crippen LogP contribution in [0.25, 0.3) is 33.8 Å². The number of rotatable bonds is 3. The normalized spacial score (nSPS) is 10.6. The van der Waals surface area contributed by atoms with E-state index in [-0.39, 0.29) is 5.82 Å². The summed E-state index contributed by atoms with van der Waals surface area (Å²) in [7, 11) is 0. The molecule has 3 heteroatoms. The lowest BCUT2D eigenvalue weighted by Crippen LogP contribution is -1.96. The number of nitrogens with zero attached hydrogens (tertiary/aromatic N) is 2. The molecular weight excluding hydrogens is 311 g/mol. The van der Waals surface area contributed by atoms with Gasteiger partial charge in [-0.05, 0) is 12.1 Å². The second kappa shape index (κ2) is 6.65. The first-order valence-electron chi connectivity index (χ1n) is 8.05. The van der Waals surface area contributed by atoms with Gasteiger partial charge in [-0.2, -0.15) is 0 Å². The highest BCUT2D eigenvalue weighted by molar-refractivity contribution is 5.79. The fraction of sp³-hybridized carbons (Fsp3) is 0. The van der Waals surface area contributed by atoms with Crippen LogP contribution in [0.4, 0.5) is 4.39 Å². The Morgan fingerprint density at radius 3 is 1.84 bits per heavy atom. The molecule has 0 aliphatic rings. The van der Waals surface area contributed by atoms with Crippen LogP contribution in [0, 0.1) is 5.82 Å². The maximum Gasteiger partial charge on any atom is 0.123 e. The summed E-state index contributed by atoms with van der Waals surface area (Å²) in [5.41, 5.74) is 4.94. The molecule has 0 spiro atoms. The van der Waals surface area contributed by atoms with Gasteiger partial charge in [-0.1, -0.05) is 72.8 Å². The van der Waals surface area contributed by atoms with Crippen LogP contribution in [-0.2, 0) is 0 Å². The summed E-state index contributed by atoms with van der Waals surface area (Å²) < 4.78 is 13.6. The van der Waals surface area contributed by atoms with Gasteiger partial charge in [0.1, 0.15) is 5.82 Å². The molecule has 120 valence electrons. The van der Waals surface area contributed by atoms with Crippen LogP contribution in [0.1, 0.15) is 0 Å². The molecule has 4 aromatic rings. The van der Waals surface area contributed by atoms with Crippen LogP contribution in [-0.4, -0.2) is 9.97 Å². The Balaban J connectivity index is 1.92. The molecule has 3 aromatic carbocycles. The maximum atomic E-state index is 13.6. The Morgan fingerprint density at radius 1 is 0.600 bits per heavy atom. The standard InChI is InChI=1S/C22H15FN2/c23-19-13-7-12-18(14-19)20-15-24-21(16-8-3-1-4-9-16)22(25-20)17-10-5-2-6-11-17/h1-15H. The lowest BCUT2D eigenvalue weighted by atomic mass is 10.0. The minimum absolute atomic E-state index is 0.285. The van der Waals surface area contributed by atoms with Gasteiger partial charge in [0, 0.05) is 16.7 Å². The molecule has 0 aliphatic carbocycles. The van der Waals surface area contributed by atoms with Crippen LogP contribution < -0.4 is 0 Å². The SMILES string of the molecule is Fc1cccc(-c2cnc(-c3ccccc3)c(-c3ccccc3)n2)c1. The van der Waals surface area contributed by atoms with E-state index >= 15 is 0 Å². The molecule has 1 heterocycles. The monoisotopic (exact) mass is 326 g/mol. The van der Waals surface area contributed by atoms with Crippen molar-refractivity contribution in [3.8, 4) is 33.8 Å².